The highest BCUT2D eigenvalue weighted by atomic mass is 16.5. The van der Waals surface area contributed by atoms with Gasteiger partial charge in [0.1, 0.15) is 5.54 Å². The Bertz CT molecular complexity index is 221. The van der Waals surface area contributed by atoms with Gasteiger partial charge in [-0.15, -0.1) is 0 Å². The molecule has 2 atom stereocenters. The molecule has 17 heavy (non-hydrogen) atoms. The number of ether oxygens (including phenoxy) is 1. The van der Waals surface area contributed by atoms with Gasteiger partial charge in [0, 0.05) is 6.61 Å². The second kappa shape index (κ2) is 8.48. The van der Waals surface area contributed by atoms with E-state index in [0.29, 0.717) is 13.0 Å². The molecular weight excluding hydrogens is 218 g/mol. The van der Waals surface area contributed by atoms with Crippen LogP contribution in [-0.4, -0.2) is 35.9 Å². The largest absolute Gasteiger partial charge is 0.480 e. The van der Waals surface area contributed by atoms with Crippen molar-refractivity contribution in [1.82, 2.24) is 5.32 Å². The second-order valence-electron chi connectivity index (χ2n) is 4.76. The van der Waals surface area contributed by atoms with E-state index in [4.69, 9.17) is 4.74 Å². The van der Waals surface area contributed by atoms with Gasteiger partial charge in [-0.25, -0.2) is 0 Å². The first kappa shape index (κ1) is 16.4. The van der Waals surface area contributed by atoms with E-state index in [2.05, 4.69) is 12.2 Å². The van der Waals surface area contributed by atoms with Crippen LogP contribution in [0.4, 0.5) is 0 Å². The lowest BCUT2D eigenvalue weighted by molar-refractivity contribution is -0.144. The molecule has 0 aliphatic carbocycles. The number of carboxylic acids is 1. The second-order valence-corrected chi connectivity index (χ2v) is 4.76. The van der Waals surface area contributed by atoms with Gasteiger partial charge < -0.3 is 15.2 Å². The van der Waals surface area contributed by atoms with Crippen molar-refractivity contribution in [1.29, 1.82) is 0 Å². The number of rotatable bonds is 10. The molecule has 0 saturated carbocycles. The minimum absolute atomic E-state index is 0.259. The topological polar surface area (TPSA) is 58.6 Å². The van der Waals surface area contributed by atoms with Crippen LogP contribution >= 0.6 is 0 Å². The maximum absolute atomic E-state index is 11.2. The summed E-state index contributed by atoms with van der Waals surface area (Å²) < 4.78 is 5.55. The first-order chi connectivity index (χ1) is 7.96. The number of nitrogens with one attached hydrogen (secondary N) is 1. The molecule has 0 spiro atoms. The summed E-state index contributed by atoms with van der Waals surface area (Å²) in [6, 6.07) is 0. The van der Waals surface area contributed by atoms with Crippen LogP contribution in [0.5, 0.6) is 0 Å². The van der Waals surface area contributed by atoms with Crippen molar-refractivity contribution in [3.05, 3.63) is 0 Å². The first-order valence-electron chi connectivity index (χ1n) is 6.56. The lowest BCUT2D eigenvalue weighted by Crippen LogP contribution is -2.49. The molecule has 0 saturated heterocycles. The van der Waals surface area contributed by atoms with Crippen LogP contribution in [0.1, 0.15) is 53.4 Å². The third-order valence-electron chi connectivity index (χ3n) is 3.04. The number of carboxylic acid groups (broad SMARTS) is 1. The van der Waals surface area contributed by atoms with Crippen LogP contribution in [0, 0.1) is 0 Å². The molecule has 0 amide bonds. The Hall–Kier alpha value is -0.610. The molecule has 4 nitrogen and oxygen atoms in total. The third-order valence-corrected chi connectivity index (χ3v) is 3.04. The Labute approximate surface area is 105 Å². The predicted octanol–water partition coefficient (Wildman–Crippen LogP) is 2.42. The Morgan fingerprint density at radius 2 is 2.12 bits per heavy atom. The van der Waals surface area contributed by atoms with Gasteiger partial charge in [0.2, 0.25) is 0 Å². The molecule has 0 aromatic carbocycles. The van der Waals surface area contributed by atoms with Gasteiger partial charge in [0.05, 0.1) is 6.10 Å². The molecule has 0 fully saturated rings. The van der Waals surface area contributed by atoms with E-state index >= 15 is 0 Å². The summed E-state index contributed by atoms with van der Waals surface area (Å²) in [7, 11) is 0. The summed E-state index contributed by atoms with van der Waals surface area (Å²) >= 11 is 0. The molecule has 2 unspecified atom stereocenters. The first-order valence-corrected chi connectivity index (χ1v) is 6.56. The minimum atomic E-state index is -0.825. The monoisotopic (exact) mass is 245 g/mol. The van der Waals surface area contributed by atoms with E-state index in [9.17, 15) is 9.90 Å². The highest BCUT2D eigenvalue weighted by molar-refractivity contribution is 5.78. The Balaban J connectivity index is 3.96. The van der Waals surface area contributed by atoms with Crippen molar-refractivity contribution in [2.75, 3.05) is 13.2 Å². The zero-order chi connectivity index (χ0) is 13.3. The summed E-state index contributed by atoms with van der Waals surface area (Å²) in [5.41, 5.74) is -0.825. The summed E-state index contributed by atoms with van der Waals surface area (Å²) in [5.74, 6) is -0.783. The minimum Gasteiger partial charge on any atom is -0.480 e. The van der Waals surface area contributed by atoms with Crippen LogP contribution in [0.2, 0.25) is 0 Å². The molecule has 102 valence electrons. The van der Waals surface area contributed by atoms with Crippen molar-refractivity contribution in [3.8, 4) is 0 Å². The van der Waals surface area contributed by atoms with Crippen molar-refractivity contribution >= 4 is 5.97 Å². The van der Waals surface area contributed by atoms with Crippen LogP contribution < -0.4 is 5.32 Å². The van der Waals surface area contributed by atoms with Gasteiger partial charge >= 0.3 is 5.97 Å². The summed E-state index contributed by atoms with van der Waals surface area (Å²) in [6.07, 6.45) is 3.55. The van der Waals surface area contributed by atoms with Gasteiger partial charge in [-0.3, -0.25) is 4.79 Å². The summed E-state index contributed by atoms with van der Waals surface area (Å²) in [5, 5.41) is 12.3. The lowest BCUT2D eigenvalue weighted by Gasteiger charge is -2.26. The maximum Gasteiger partial charge on any atom is 0.323 e. The Morgan fingerprint density at radius 1 is 1.47 bits per heavy atom. The van der Waals surface area contributed by atoms with E-state index < -0.39 is 11.5 Å². The van der Waals surface area contributed by atoms with E-state index in [1.165, 1.54) is 0 Å². The molecule has 0 aromatic rings. The zero-order valence-electron chi connectivity index (χ0n) is 11.6. The Morgan fingerprint density at radius 3 is 2.59 bits per heavy atom. The lowest BCUT2D eigenvalue weighted by atomic mass is 9.96. The molecule has 0 heterocycles. The molecule has 0 aliphatic rings. The Kier molecular flexibility index (Phi) is 8.17. The van der Waals surface area contributed by atoms with Crippen LogP contribution in [0.3, 0.4) is 0 Å². The summed E-state index contributed by atoms with van der Waals surface area (Å²) in [4.78, 5) is 11.2. The molecule has 2 N–H and O–H groups in total. The van der Waals surface area contributed by atoms with E-state index in [-0.39, 0.29) is 6.10 Å². The average Bonchev–Trinajstić information content (AvgIpc) is 2.31. The van der Waals surface area contributed by atoms with Gasteiger partial charge in [0.15, 0.2) is 0 Å². The van der Waals surface area contributed by atoms with Gasteiger partial charge in [0.25, 0.3) is 0 Å². The highest BCUT2D eigenvalue weighted by Crippen LogP contribution is 2.13. The molecule has 4 heteroatoms. The predicted molar refractivity (Wildman–Crippen MR) is 69.3 cm³/mol. The van der Waals surface area contributed by atoms with E-state index in [0.717, 1.165) is 25.8 Å². The maximum atomic E-state index is 11.2. The zero-order valence-corrected chi connectivity index (χ0v) is 11.6. The summed E-state index contributed by atoms with van der Waals surface area (Å²) in [6.45, 7) is 9.25. The van der Waals surface area contributed by atoms with Gasteiger partial charge in [-0.2, -0.15) is 0 Å². The molecule has 0 aliphatic heterocycles. The van der Waals surface area contributed by atoms with Crippen molar-refractivity contribution in [2.24, 2.45) is 0 Å². The number of hydrogen-bond acceptors (Lipinski definition) is 3. The molecule has 0 radical (unpaired) electrons. The van der Waals surface area contributed by atoms with Crippen LogP contribution in [0.15, 0.2) is 0 Å². The number of aliphatic carboxylic acids is 1. The molecular formula is C13H27NO3. The highest BCUT2D eigenvalue weighted by Gasteiger charge is 2.31. The van der Waals surface area contributed by atoms with Crippen molar-refractivity contribution in [2.45, 2.75) is 65.0 Å². The van der Waals surface area contributed by atoms with Gasteiger partial charge in [-0.05, 0) is 46.1 Å². The SMILES string of the molecule is CCCNC(C)(CCCOC(C)CC)C(=O)O. The average molecular weight is 245 g/mol. The van der Waals surface area contributed by atoms with Crippen LogP contribution in [0.25, 0.3) is 0 Å². The number of carbonyl (C=O) groups is 1. The fourth-order valence-electron chi connectivity index (χ4n) is 1.50. The third kappa shape index (κ3) is 6.64. The quantitative estimate of drug-likeness (QED) is 0.580. The van der Waals surface area contributed by atoms with Gasteiger partial charge in [-0.1, -0.05) is 13.8 Å². The standard InChI is InChI=1S/C13H27NO3/c1-5-9-14-13(4,12(15)16)8-7-10-17-11(3)6-2/h11,14H,5-10H2,1-4H3,(H,15,16). The fraction of sp³-hybridized carbons (Fsp3) is 0.923. The van der Waals surface area contributed by atoms with E-state index in [1.54, 1.807) is 6.92 Å². The number of hydrogen-bond donors (Lipinski definition) is 2. The smallest absolute Gasteiger partial charge is 0.323 e. The fourth-order valence-corrected chi connectivity index (χ4v) is 1.50. The normalized spacial score (nSPS) is 16.5. The van der Waals surface area contributed by atoms with Crippen molar-refractivity contribution in [3.63, 3.8) is 0 Å². The molecule has 0 bridgehead atoms. The van der Waals surface area contributed by atoms with E-state index in [1.807, 2.05) is 13.8 Å². The van der Waals surface area contributed by atoms with Crippen LogP contribution in [-0.2, 0) is 9.53 Å². The molecule has 0 aromatic heterocycles. The van der Waals surface area contributed by atoms with Crippen molar-refractivity contribution < 1.29 is 14.6 Å². The molecule has 0 rings (SSSR count).